The molecule has 1 fully saturated rings. The summed E-state index contributed by atoms with van der Waals surface area (Å²) < 4.78 is 0. The molecule has 0 amide bonds. The van der Waals surface area contributed by atoms with Crippen LogP contribution in [0.25, 0.3) is 12.2 Å². The molecule has 4 atom stereocenters. The van der Waals surface area contributed by atoms with Gasteiger partial charge in [-0.15, -0.1) is 0 Å². The van der Waals surface area contributed by atoms with E-state index >= 15 is 0 Å². The standard InChI is InChI=1S/C16H16/c1-10-3-2-4-11-8-15-12-5-6-13(7-12)16(15)9-14(10)11/h2-6,8-9,12-13,15-16H,7H2,1H3. The SMILES string of the molecule is Cc1cccc2c1=CC1C3C=CC(C3)C1C=2. The number of allylic oxidation sites excluding steroid dienone is 2. The van der Waals surface area contributed by atoms with Gasteiger partial charge in [0.15, 0.2) is 0 Å². The van der Waals surface area contributed by atoms with E-state index in [1.807, 2.05) is 0 Å². The maximum Gasteiger partial charge on any atom is -0.00921 e. The van der Waals surface area contributed by atoms with Gasteiger partial charge in [0.25, 0.3) is 0 Å². The fourth-order valence-electron chi connectivity index (χ4n) is 3.84. The van der Waals surface area contributed by atoms with Crippen molar-refractivity contribution in [2.45, 2.75) is 13.3 Å². The molecule has 0 aliphatic heterocycles. The fourth-order valence-corrected chi connectivity index (χ4v) is 3.84. The average Bonchev–Trinajstić information content (AvgIpc) is 2.88. The van der Waals surface area contributed by atoms with Crippen molar-refractivity contribution in [1.29, 1.82) is 0 Å². The van der Waals surface area contributed by atoms with Crippen LogP contribution in [0.2, 0.25) is 0 Å². The van der Waals surface area contributed by atoms with E-state index in [4.69, 9.17) is 0 Å². The molecule has 0 nitrogen and oxygen atoms in total. The van der Waals surface area contributed by atoms with Crippen molar-refractivity contribution in [3.8, 4) is 0 Å². The molecular formula is C16H16. The summed E-state index contributed by atoms with van der Waals surface area (Å²) in [4.78, 5) is 0. The molecule has 0 saturated heterocycles. The van der Waals surface area contributed by atoms with Gasteiger partial charge in [0.1, 0.15) is 0 Å². The minimum Gasteiger partial charge on any atom is -0.0845 e. The summed E-state index contributed by atoms with van der Waals surface area (Å²) in [5.41, 5.74) is 1.43. The van der Waals surface area contributed by atoms with Crippen LogP contribution in [-0.2, 0) is 0 Å². The maximum atomic E-state index is 2.55. The van der Waals surface area contributed by atoms with Crippen LogP contribution in [0.5, 0.6) is 0 Å². The second kappa shape index (κ2) is 2.88. The van der Waals surface area contributed by atoms with E-state index in [1.54, 1.807) is 0 Å². The van der Waals surface area contributed by atoms with Crippen LogP contribution in [-0.4, -0.2) is 0 Å². The Labute approximate surface area is 96.0 Å². The third-order valence-corrected chi connectivity index (χ3v) is 4.67. The van der Waals surface area contributed by atoms with Gasteiger partial charge in [0.05, 0.1) is 0 Å². The minimum absolute atomic E-state index is 0.781. The second-order valence-electron chi connectivity index (χ2n) is 5.51. The zero-order chi connectivity index (χ0) is 10.7. The first-order valence-electron chi connectivity index (χ1n) is 6.30. The summed E-state index contributed by atoms with van der Waals surface area (Å²) in [6, 6.07) is 6.68. The second-order valence-corrected chi connectivity index (χ2v) is 5.51. The highest BCUT2D eigenvalue weighted by Crippen LogP contribution is 2.49. The molecule has 0 heteroatoms. The Morgan fingerprint density at radius 2 is 1.75 bits per heavy atom. The number of hydrogen-bond donors (Lipinski definition) is 0. The van der Waals surface area contributed by atoms with Gasteiger partial charge < -0.3 is 0 Å². The Bertz CT molecular complexity index is 591. The van der Waals surface area contributed by atoms with E-state index < -0.39 is 0 Å². The predicted molar refractivity (Wildman–Crippen MR) is 67.1 cm³/mol. The van der Waals surface area contributed by atoms with Crippen LogP contribution < -0.4 is 10.4 Å². The molecule has 80 valence electrons. The van der Waals surface area contributed by atoms with E-state index in [0.29, 0.717) is 0 Å². The van der Waals surface area contributed by atoms with Gasteiger partial charge in [0, 0.05) is 0 Å². The summed E-state index contributed by atoms with van der Waals surface area (Å²) in [7, 11) is 0. The van der Waals surface area contributed by atoms with Crippen molar-refractivity contribution in [3.63, 3.8) is 0 Å². The third-order valence-electron chi connectivity index (χ3n) is 4.67. The van der Waals surface area contributed by atoms with E-state index in [2.05, 4.69) is 49.4 Å². The van der Waals surface area contributed by atoms with Crippen LogP contribution in [0.4, 0.5) is 0 Å². The van der Waals surface area contributed by atoms with Crippen molar-refractivity contribution in [2.24, 2.45) is 23.7 Å². The first-order chi connectivity index (χ1) is 7.83. The fraction of sp³-hybridized carbons (Fsp3) is 0.375. The zero-order valence-corrected chi connectivity index (χ0v) is 9.56. The van der Waals surface area contributed by atoms with E-state index in [1.165, 1.54) is 22.4 Å². The number of aryl methyl sites for hydroxylation is 1. The van der Waals surface area contributed by atoms with Crippen LogP contribution in [0.3, 0.4) is 0 Å². The molecule has 3 aliphatic carbocycles. The lowest BCUT2D eigenvalue weighted by Gasteiger charge is -2.25. The van der Waals surface area contributed by atoms with E-state index in [9.17, 15) is 0 Å². The van der Waals surface area contributed by atoms with Gasteiger partial charge in [-0.1, -0.05) is 42.5 Å². The Balaban J connectivity index is 2.00. The summed E-state index contributed by atoms with van der Waals surface area (Å²) in [5.74, 6) is 3.20. The van der Waals surface area contributed by atoms with Crippen molar-refractivity contribution in [1.82, 2.24) is 0 Å². The first-order valence-corrected chi connectivity index (χ1v) is 6.30. The lowest BCUT2D eigenvalue weighted by molar-refractivity contribution is 0.488. The molecule has 3 aliphatic rings. The maximum absolute atomic E-state index is 2.55. The number of benzene rings is 1. The normalized spacial score (nSPS) is 37.6. The van der Waals surface area contributed by atoms with Crippen molar-refractivity contribution in [3.05, 3.63) is 46.4 Å². The Kier molecular flexibility index (Phi) is 1.59. The molecule has 0 aromatic heterocycles. The van der Waals surface area contributed by atoms with Gasteiger partial charge in [-0.25, -0.2) is 0 Å². The molecule has 0 radical (unpaired) electrons. The minimum atomic E-state index is 0.781. The molecule has 1 aromatic rings. The third kappa shape index (κ3) is 1.000. The lowest BCUT2D eigenvalue weighted by Crippen LogP contribution is -2.35. The monoisotopic (exact) mass is 208 g/mol. The lowest BCUT2D eigenvalue weighted by atomic mass is 9.79. The number of fused-ring (bicyclic) bond motifs is 6. The summed E-state index contributed by atoms with van der Waals surface area (Å²) >= 11 is 0. The zero-order valence-electron chi connectivity index (χ0n) is 9.56. The Hall–Kier alpha value is -1.30. The molecule has 0 spiro atoms. The summed E-state index contributed by atoms with van der Waals surface area (Å²) in [5, 5.41) is 2.95. The van der Waals surface area contributed by atoms with Crippen LogP contribution in [0, 0.1) is 30.6 Å². The van der Waals surface area contributed by atoms with Crippen molar-refractivity contribution >= 4 is 12.2 Å². The van der Waals surface area contributed by atoms with Gasteiger partial charge in [-0.05, 0) is 53.0 Å². The highest BCUT2D eigenvalue weighted by atomic mass is 14.5. The molecular weight excluding hydrogens is 192 g/mol. The molecule has 4 unspecified atom stereocenters. The van der Waals surface area contributed by atoms with Crippen molar-refractivity contribution in [2.75, 3.05) is 0 Å². The molecule has 0 N–H and O–H groups in total. The Morgan fingerprint density at radius 3 is 2.56 bits per heavy atom. The van der Waals surface area contributed by atoms with E-state index in [0.717, 1.165) is 23.7 Å². The van der Waals surface area contributed by atoms with Gasteiger partial charge in [-0.2, -0.15) is 0 Å². The molecule has 1 saturated carbocycles. The highest BCUT2D eigenvalue weighted by Gasteiger charge is 2.42. The van der Waals surface area contributed by atoms with Gasteiger partial charge in [0.2, 0.25) is 0 Å². The Morgan fingerprint density at radius 1 is 1.00 bits per heavy atom. The smallest absolute Gasteiger partial charge is 0.00921 e. The largest absolute Gasteiger partial charge is 0.0845 e. The van der Waals surface area contributed by atoms with Gasteiger partial charge >= 0.3 is 0 Å². The van der Waals surface area contributed by atoms with Crippen LogP contribution in [0.1, 0.15) is 12.0 Å². The molecule has 16 heavy (non-hydrogen) atoms. The molecule has 2 bridgehead atoms. The highest BCUT2D eigenvalue weighted by molar-refractivity contribution is 5.50. The molecule has 0 heterocycles. The van der Waals surface area contributed by atoms with Gasteiger partial charge in [-0.3, -0.25) is 0 Å². The molecule has 1 aromatic carbocycles. The summed E-state index contributed by atoms with van der Waals surface area (Å²) in [6.45, 7) is 2.23. The molecule has 4 rings (SSSR count). The average molecular weight is 208 g/mol. The number of rotatable bonds is 0. The van der Waals surface area contributed by atoms with Crippen molar-refractivity contribution < 1.29 is 0 Å². The first kappa shape index (κ1) is 8.81. The van der Waals surface area contributed by atoms with E-state index in [-0.39, 0.29) is 0 Å². The van der Waals surface area contributed by atoms with Crippen LogP contribution >= 0.6 is 0 Å². The quantitative estimate of drug-likeness (QED) is 0.572. The number of hydrogen-bond acceptors (Lipinski definition) is 0. The predicted octanol–water partition coefficient (Wildman–Crippen LogP) is 2.01. The topological polar surface area (TPSA) is 0 Å². The van der Waals surface area contributed by atoms with Crippen LogP contribution in [0.15, 0.2) is 30.4 Å². The summed E-state index contributed by atoms with van der Waals surface area (Å²) in [6.07, 6.45) is 11.3.